The van der Waals surface area contributed by atoms with Crippen molar-refractivity contribution in [2.24, 2.45) is 17.1 Å². The number of halogens is 1. The summed E-state index contributed by atoms with van der Waals surface area (Å²) in [6.07, 6.45) is 6.87. The Morgan fingerprint density at radius 2 is 1.94 bits per heavy atom. The van der Waals surface area contributed by atoms with Crippen LogP contribution < -0.4 is 11.1 Å². The predicted octanol–water partition coefficient (Wildman–Crippen LogP) is 2.48. The van der Waals surface area contributed by atoms with E-state index in [4.69, 9.17) is 5.73 Å². The van der Waals surface area contributed by atoms with E-state index in [1.807, 2.05) is 0 Å². The topological polar surface area (TPSA) is 55.1 Å². The first kappa shape index (κ1) is 16.7. The largest absolute Gasteiger partial charge is 0.356 e. The highest BCUT2D eigenvalue weighted by atomic mass is 35.5. The lowest BCUT2D eigenvalue weighted by molar-refractivity contribution is -0.121. The van der Waals surface area contributed by atoms with Crippen molar-refractivity contribution in [3.63, 3.8) is 0 Å². The number of amides is 1. The van der Waals surface area contributed by atoms with Crippen molar-refractivity contribution in [1.29, 1.82) is 0 Å². The average molecular weight is 263 g/mol. The Morgan fingerprint density at radius 3 is 2.41 bits per heavy atom. The Balaban J connectivity index is 0.00000256. The summed E-state index contributed by atoms with van der Waals surface area (Å²) >= 11 is 0. The van der Waals surface area contributed by atoms with Gasteiger partial charge in [0.15, 0.2) is 0 Å². The van der Waals surface area contributed by atoms with E-state index in [-0.39, 0.29) is 18.3 Å². The van der Waals surface area contributed by atoms with Gasteiger partial charge in [-0.25, -0.2) is 0 Å². The molecule has 0 radical (unpaired) electrons. The highest BCUT2D eigenvalue weighted by molar-refractivity contribution is 5.85. The second kappa shape index (κ2) is 7.93. The van der Waals surface area contributed by atoms with E-state index in [1.54, 1.807) is 0 Å². The van der Waals surface area contributed by atoms with Gasteiger partial charge in [-0.05, 0) is 30.6 Å². The van der Waals surface area contributed by atoms with Crippen LogP contribution in [0.2, 0.25) is 0 Å². The normalized spacial score (nSPS) is 17.9. The van der Waals surface area contributed by atoms with Crippen molar-refractivity contribution < 1.29 is 4.79 Å². The van der Waals surface area contributed by atoms with Crippen molar-refractivity contribution in [2.45, 2.75) is 52.4 Å². The second-order valence-corrected chi connectivity index (χ2v) is 5.62. The molecule has 0 aliphatic heterocycles. The van der Waals surface area contributed by atoms with Crippen LogP contribution in [0.25, 0.3) is 0 Å². The van der Waals surface area contributed by atoms with Crippen LogP contribution >= 0.6 is 12.4 Å². The maximum Gasteiger partial charge on any atom is 0.221 e. The summed E-state index contributed by atoms with van der Waals surface area (Å²) in [5, 5.41) is 3.05. The van der Waals surface area contributed by atoms with Crippen LogP contribution in [0.1, 0.15) is 52.4 Å². The first-order valence-electron chi connectivity index (χ1n) is 6.55. The third-order valence-electron chi connectivity index (χ3n) is 3.54. The molecule has 0 bridgehead atoms. The summed E-state index contributed by atoms with van der Waals surface area (Å²) in [6.45, 7) is 5.83. The molecule has 17 heavy (non-hydrogen) atoms. The van der Waals surface area contributed by atoms with E-state index in [1.165, 1.54) is 32.1 Å². The molecule has 1 saturated carbocycles. The molecule has 0 heterocycles. The number of nitrogens with one attached hydrogen (secondary N) is 1. The molecule has 1 fully saturated rings. The minimum Gasteiger partial charge on any atom is -0.356 e. The number of carbonyl (C=O) groups excluding carboxylic acids is 1. The number of nitrogens with two attached hydrogens (primary N) is 1. The van der Waals surface area contributed by atoms with E-state index in [0.29, 0.717) is 24.3 Å². The van der Waals surface area contributed by atoms with Crippen molar-refractivity contribution in [3.8, 4) is 0 Å². The van der Waals surface area contributed by atoms with Crippen molar-refractivity contribution in [2.75, 3.05) is 13.1 Å². The zero-order chi connectivity index (χ0) is 12.0. The van der Waals surface area contributed by atoms with Gasteiger partial charge in [0.1, 0.15) is 0 Å². The van der Waals surface area contributed by atoms with Gasteiger partial charge in [0.25, 0.3) is 0 Å². The first-order chi connectivity index (χ1) is 7.58. The van der Waals surface area contributed by atoms with Crippen molar-refractivity contribution in [1.82, 2.24) is 5.32 Å². The van der Waals surface area contributed by atoms with Crippen LogP contribution in [-0.2, 0) is 4.79 Å². The minimum absolute atomic E-state index is 0. The lowest BCUT2D eigenvalue weighted by Crippen LogP contribution is -2.37. The molecule has 0 aromatic carbocycles. The van der Waals surface area contributed by atoms with Gasteiger partial charge in [-0.1, -0.05) is 26.7 Å². The Labute approximate surface area is 111 Å². The molecule has 1 rings (SSSR count). The highest BCUT2D eigenvalue weighted by Gasteiger charge is 2.34. The summed E-state index contributed by atoms with van der Waals surface area (Å²) < 4.78 is 0. The standard InChI is InChI=1S/C13H26N2O.ClH/c1-11(2)9-13(6-3-4-7-13)10-15-12(16)5-8-14;/h11H,3-10,14H2,1-2H3,(H,15,16);1H. The van der Waals surface area contributed by atoms with E-state index in [0.717, 1.165) is 6.54 Å². The maximum absolute atomic E-state index is 11.4. The molecule has 102 valence electrons. The molecular formula is C13H27ClN2O. The second-order valence-electron chi connectivity index (χ2n) is 5.62. The van der Waals surface area contributed by atoms with Gasteiger partial charge in [0.2, 0.25) is 5.91 Å². The molecule has 0 atom stereocenters. The summed E-state index contributed by atoms with van der Waals surface area (Å²) in [5.41, 5.74) is 5.74. The fraction of sp³-hybridized carbons (Fsp3) is 0.923. The predicted molar refractivity (Wildman–Crippen MR) is 74.3 cm³/mol. The number of hydrogen-bond donors (Lipinski definition) is 2. The summed E-state index contributed by atoms with van der Waals surface area (Å²) in [4.78, 5) is 11.4. The Hall–Kier alpha value is -0.280. The molecule has 0 aromatic heterocycles. The molecule has 3 nitrogen and oxygen atoms in total. The Bertz CT molecular complexity index is 225. The minimum atomic E-state index is 0. The molecule has 3 N–H and O–H groups in total. The van der Waals surface area contributed by atoms with E-state index in [9.17, 15) is 4.79 Å². The van der Waals surface area contributed by atoms with Gasteiger partial charge in [-0.3, -0.25) is 4.79 Å². The monoisotopic (exact) mass is 262 g/mol. The van der Waals surface area contributed by atoms with E-state index < -0.39 is 0 Å². The van der Waals surface area contributed by atoms with Crippen LogP contribution in [0.15, 0.2) is 0 Å². The van der Waals surface area contributed by atoms with Crippen LogP contribution in [0, 0.1) is 11.3 Å². The third kappa shape index (κ3) is 5.73. The smallest absolute Gasteiger partial charge is 0.221 e. The molecule has 0 spiro atoms. The lowest BCUT2D eigenvalue weighted by Gasteiger charge is -2.31. The number of rotatable bonds is 6. The van der Waals surface area contributed by atoms with Gasteiger partial charge in [0, 0.05) is 19.5 Å². The summed E-state index contributed by atoms with van der Waals surface area (Å²) in [6, 6.07) is 0. The third-order valence-corrected chi connectivity index (χ3v) is 3.54. The van der Waals surface area contributed by atoms with Gasteiger partial charge in [0.05, 0.1) is 0 Å². The van der Waals surface area contributed by atoms with E-state index in [2.05, 4.69) is 19.2 Å². The number of carbonyl (C=O) groups is 1. The zero-order valence-corrected chi connectivity index (χ0v) is 11.9. The molecular weight excluding hydrogens is 236 g/mol. The molecule has 1 aliphatic carbocycles. The van der Waals surface area contributed by atoms with Crippen LogP contribution in [0.3, 0.4) is 0 Å². The Morgan fingerprint density at radius 1 is 1.35 bits per heavy atom. The first-order valence-corrected chi connectivity index (χ1v) is 6.55. The molecule has 0 unspecified atom stereocenters. The SMILES string of the molecule is CC(C)CC1(CNC(=O)CCN)CCCC1.Cl. The van der Waals surface area contributed by atoms with Crippen LogP contribution in [0.4, 0.5) is 0 Å². The Kier molecular flexibility index (Phi) is 7.80. The molecule has 1 aliphatic rings. The average Bonchev–Trinajstić information content (AvgIpc) is 2.64. The lowest BCUT2D eigenvalue weighted by atomic mass is 9.78. The molecule has 0 aromatic rings. The van der Waals surface area contributed by atoms with Gasteiger partial charge >= 0.3 is 0 Å². The maximum atomic E-state index is 11.4. The fourth-order valence-electron chi connectivity index (χ4n) is 2.95. The molecule has 0 saturated heterocycles. The van der Waals surface area contributed by atoms with Crippen molar-refractivity contribution in [3.05, 3.63) is 0 Å². The van der Waals surface area contributed by atoms with Gasteiger partial charge in [-0.2, -0.15) is 0 Å². The fourth-order valence-corrected chi connectivity index (χ4v) is 2.95. The zero-order valence-electron chi connectivity index (χ0n) is 11.1. The summed E-state index contributed by atoms with van der Waals surface area (Å²) in [7, 11) is 0. The summed E-state index contributed by atoms with van der Waals surface area (Å²) in [5.74, 6) is 0.821. The van der Waals surface area contributed by atoms with Crippen LogP contribution in [-0.4, -0.2) is 19.0 Å². The van der Waals surface area contributed by atoms with Gasteiger partial charge in [-0.15, -0.1) is 12.4 Å². The van der Waals surface area contributed by atoms with Crippen LogP contribution in [0.5, 0.6) is 0 Å². The number of hydrogen-bond acceptors (Lipinski definition) is 2. The highest BCUT2D eigenvalue weighted by Crippen LogP contribution is 2.42. The molecule has 1 amide bonds. The van der Waals surface area contributed by atoms with Gasteiger partial charge < -0.3 is 11.1 Å². The molecule has 4 heteroatoms. The van der Waals surface area contributed by atoms with Crippen molar-refractivity contribution >= 4 is 18.3 Å². The quantitative estimate of drug-likeness (QED) is 0.773. The van der Waals surface area contributed by atoms with E-state index >= 15 is 0 Å².